The van der Waals surface area contributed by atoms with Crippen LogP contribution in [0.25, 0.3) is 11.5 Å². The Bertz CT molecular complexity index is 823. The molecule has 124 valence electrons. The van der Waals surface area contributed by atoms with Crippen LogP contribution < -0.4 is 5.32 Å². The summed E-state index contributed by atoms with van der Waals surface area (Å²) in [5.41, 5.74) is -0.798. The molecule has 3 rings (SSSR count). The number of amides is 1. The first-order valence-corrected chi connectivity index (χ1v) is 7.23. The molecule has 0 aliphatic rings. The molecular weight excluding hydrogens is 315 g/mol. The van der Waals surface area contributed by atoms with Gasteiger partial charge in [-0.1, -0.05) is 17.3 Å². The zero-order chi connectivity index (χ0) is 17.2. The normalized spacial score (nSPS) is 13.5. The van der Waals surface area contributed by atoms with Crippen molar-refractivity contribution in [2.45, 2.75) is 12.5 Å². The van der Waals surface area contributed by atoms with E-state index >= 15 is 0 Å². The first-order chi connectivity index (χ1) is 11.5. The molecule has 7 heteroatoms. The van der Waals surface area contributed by atoms with E-state index in [2.05, 4.69) is 10.5 Å². The summed E-state index contributed by atoms with van der Waals surface area (Å²) in [7, 11) is 0. The van der Waals surface area contributed by atoms with Crippen LogP contribution in [-0.2, 0) is 5.60 Å². The summed E-state index contributed by atoms with van der Waals surface area (Å²) >= 11 is 0. The van der Waals surface area contributed by atoms with Gasteiger partial charge in [0.1, 0.15) is 11.4 Å². The van der Waals surface area contributed by atoms with Crippen LogP contribution in [-0.4, -0.2) is 22.7 Å². The Labute approximate surface area is 136 Å². The molecule has 2 N–H and O–H groups in total. The summed E-state index contributed by atoms with van der Waals surface area (Å²) in [4.78, 5) is 12.1. The maximum Gasteiger partial charge on any atom is 0.273 e. The van der Waals surface area contributed by atoms with Crippen molar-refractivity contribution < 1.29 is 23.2 Å². The summed E-state index contributed by atoms with van der Waals surface area (Å²) in [6, 6.07) is 10.2. The SMILES string of the molecule is CC(O)(CNC(=O)c1cc(-c2ccco2)on1)c1ccc(F)cc1. The number of rotatable bonds is 5. The van der Waals surface area contributed by atoms with Gasteiger partial charge in [0.2, 0.25) is 5.76 Å². The Hall–Kier alpha value is -2.93. The minimum absolute atomic E-state index is 0.0660. The maximum absolute atomic E-state index is 13.0. The number of halogens is 1. The number of nitrogens with one attached hydrogen (secondary N) is 1. The quantitative estimate of drug-likeness (QED) is 0.751. The first-order valence-electron chi connectivity index (χ1n) is 7.23. The molecule has 24 heavy (non-hydrogen) atoms. The van der Waals surface area contributed by atoms with E-state index in [9.17, 15) is 14.3 Å². The standard InChI is InChI=1S/C17H15FN2O4/c1-17(22,11-4-6-12(18)7-5-11)10-19-16(21)13-9-15(24-20-13)14-3-2-8-23-14/h2-9,22H,10H2,1H3,(H,19,21). The summed E-state index contributed by atoms with van der Waals surface area (Å²) < 4.78 is 23.2. The molecule has 3 aromatic rings. The van der Waals surface area contributed by atoms with Crippen molar-refractivity contribution in [2.24, 2.45) is 0 Å². The number of carbonyl (C=O) groups is 1. The molecule has 1 atom stereocenters. The second kappa shape index (κ2) is 6.29. The van der Waals surface area contributed by atoms with Gasteiger partial charge in [-0.15, -0.1) is 0 Å². The van der Waals surface area contributed by atoms with Crippen LogP contribution in [0.15, 0.2) is 57.7 Å². The van der Waals surface area contributed by atoms with Crippen molar-refractivity contribution in [1.82, 2.24) is 10.5 Å². The molecular formula is C17H15FN2O4. The number of nitrogens with zero attached hydrogens (tertiary/aromatic N) is 1. The van der Waals surface area contributed by atoms with Crippen LogP contribution in [0.5, 0.6) is 0 Å². The number of aliphatic hydroxyl groups is 1. The number of aromatic nitrogens is 1. The highest BCUT2D eigenvalue weighted by atomic mass is 19.1. The summed E-state index contributed by atoms with van der Waals surface area (Å²) in [5, 5.41) is 16.7. The van der Waals surface area contributed by atoms with Crippen LogP contribution in [0.2, 0.25) is 0 Å². The van der Waals surface area contributed by atoms with Gasteiger partial charge in [0, 0.05) is 6.07 Å². The molecule has 2 aromatic heterocycles. The zero-order valence-electron chi connectivity index (χ0n) is 12.8. The molecule has 0 bridgehead atoms. The van der Waals surface area contributed by atoms with Crippen LogP contribution >= 0.6 is 0 Å². The molecule has 0 aliphatic carbocycles. The number of furan rings is 1. The maximum atomic E-state index is 13.0. The van der Waals surface area contributed by atoms with Gasteiger partial charge in [0.05, 0.1) is 12.8 Å². The van der Waals surface area contributed by atoms with Crippen LogP contribution in [0.3, 0.4) is 0 Å². The lowest BCUT2D eigenvalue weighted by Gasteiger charge is -2.24. The zero-order valence-corrected chi connectivity index (χ0v) is 12.8. The highest BCUT2D eigenvalue weighted by molar-refractivity contribution is 5.92. The minimum Gasteiger partial charge on any atom is -0.461 e. The average molecular weight is 330 g/mol. The second-order valence-corrected chi connectivity index (χ2v) is 5.52. The predicted octanol–water partition coefficient (Wildman–Crippen LogP) is 2.71. The predicted molar refractivity (Wildman–Crippen MR) is 82.5 cm³/mol. The van der Waals surface area contributed by atoms with Crippen molar-refractivity contribution in [3.63, 3.8) is 0 Å². The highest BCUT2D eigenvalue weighted by Gasteiger charge is 2.25. The van der Waals surface area contributed by atoms with Gasteiger partial charge >= 0.3 is 0 Å². The van der Waals surface area contributed by atoms with Gasteiger partial charge in [-0.2, -0.15) is 0 Å². The fraction of sp³-hybridized carbons (Fsp3) is 0.176. The van der Waals surface area contributed by atoms with Crippen LogP contribution in [0, 0.1) is 5.82 Å². The van der Waals surface area contributed by atoms with Gasteiger partial charge in [0.25, 0.3) is 5.91 Å². The smallest absolute Gasteiger partial charge is 0.273 e. The minimum atomic E-state index is -1.35. The highest BCUT2D eigenvalue weighted by Crippen LogP contribution is 2.22. The first kappa shape index (κ1) is 15.9. The van der Waals surface area contributed by atoms with E-state index in [1.165, 1.54) is 43.5 Å². The number of benzene rings is 1. The summed E-state index contributed by atoms with van der Waals surface area (Å²) in [6.07, 6.45) is 1.48. The van der Waals surface area contributed by atoms with Crippen molar-refractivity contribution in [3.8, 4) is 11.5 Å². The average Bonchev–Trinajstić information content (AvgIpc) is 3.24. The third-order valence-electron chi connectivity index (χ3n) is 3.57. The van der Waals surface area contributed by atoms with E-state index in [4.69, 9.17) is 8.94 Å². The van der Waals surface area contributed by atoms with Crippen LogP contribution in [0.1, 0.15) is 23.0 Å². The summed E-state index contributed by atoms with van der Waals surface area (Å²) in [6.45, 7) is 1.46. The monoisotopic (exact) mass is 330 g/mol. The molecule has 0 radical (unpaired) electrons. The van der Waals surface area contributed by atoms with E-state index in [0.717, 1.165) is 0 Å². The van der Waals surface area contributed by atoms with E-state index < -0.39 is 17.3 Å². The molecule has 6 nitrogen and oxygen atoms in total. The van der Waals surface area contributed by atoms with Gasteiger partial charge < -0.3 is 19.4 Å². The number of hydrogen-bond acceptors (Lipinski definition) is 5. The van der Waals surface area contributed by atoms with Gasteiger partial charge in [-0.25, -0.2) is 4.39 Å². The Balaban J connectivity index is 1.66. The molecule has 1 unspecified atom stereocenters. The molecule has 0 spiro atoms. The lowest BCUT2D eigenvalue weighted by molar-refractivity contribution is 0.0523. The van der Waals surface area contributed by atoms with E-state index in [0.29, 0.717) is 17.1 Å². The van der Waals surface area contributed by atoms with Crippen molar-refractivity contribution >= 4 is 5.91 Å². The summed E-state index contributed by atoms with van der Waals surface area (Å²) in [5.74, 6) is -0.110. The fourth-order valence-corrected chi connectivity index (χ4v) is 2.17. The van der Waals surface area contributed by atoms with E-state index in [1.54, 1.807) is 12.1 Å². The van der Waals surface area contributed by atoms with Gasteiger partial charge in [-0.3, -0.25) is 4.79 Å². The van der Waals surface area contributed by atoms with E-state index in [1.807, 2.05) is 0 Å². The number of carbonyl (C=O) groups excluding carboxylic acids is 1. The number of hydrogen-bond donors (Lipinski definition) is 2. The lowest BCUT2D eigenvalue weighted by Crippen LogP contribution is -2.38. The molecule has 2 heterocycles. The van der Waals surface area contributed by atoms with Crippen molar-refractivity contribution in [3.05, 3.63) is 65.8 Å². The molecule has 0 fully saturated rings. The van der Waals surface area contributed by atoms with E-state index in [-0.39, 0.29) is 12.2 Å². The third kappa shape index (κ3) is 3.36. The molecule has 0 aliphatic heterocycles. The second-order valence-electron chi connectivity index (χ2n) is 5.52. The molecule has 1 aromatic carbocycles. The Morgan fingerprint density at radius 2 is 2.04 bits per heavy atom. The van der Waals surface area contributed by atoms with Crippen molar-refractivity contribution in [1.29, 1.82) is 0 Å². The molecule has 1 amide bonds. The third-order valence-corrected chi connectivity index (χ3v) is 3.57. The Morgan fingerprint density at radius 3 is 2.71 bits per heavy atom. The molecule has 0 saturated heterocycles. The van der Waals surface area contributed by atoms with Gasteiger partial charge in [0.15, 0.2) is 11.5 Å². The van der Waals surface area contributed by atoms with Crippen LogP contribution in [0.4, 0.5) is 4.39 Å². The Morgan fingerprint density at radius 1 is 1.29 bits per heavy atom. The molecule has 0 saturated carbocycles. The fourth-order valence-electron chi connectivity index (χ4n) is 2.17. The van der Waals surface area contributed by atoms with Crippen molar-refractivity contribution in [2.75, 3.05) is 6.54 Å². The lowest BCUT2D eigenvalue weighted by atomic mass is 9.96. The van der Waals surface area contributed by atoms with Gasteiger partial charge in [-0.05, 0) is 36.8 Å². The Kier molecular flexibility index (Phi) is 4.18. The largest absolute Gasteiger partial charge is 0.461 e. The topological polar surface area (TPSA) is 88.5 Å².